The van der Waals surface area contributed by atoms with E-state index < -0.39 is 46.9 Å². The average Bonchev–Trinajstić information content (AvgIpc) is 3.45. The summed E-state index contributed by atoms with van der Waals surface area (Å²) >= 11 is 0. The van der Waals surface area contributed by atoms with Gasteiger partial charge in [0.15, 0.2) is 23.7 Å². The Morgan fingerprint density at radius 2 is 1.77 bits per heavy atom. The number of para-hydroxylation sites is 2. The molecule has 0 radical (unpaired) electrons. The van der Waals surface area contributed by atoms with Crippen molar-refractivity contribution < 1.29 is 29.1 Å². The van der Waals surface area contributed by atoms with Crippen LogP contribution in [-0.4, -0.2) is 49.4 Å². The molecule has 3 aliphatic rings. The maximum Gasteiger partial charge on any atom is 0.330 e. The molecule has 40 heavy (non-hydrogen) atoms. The Hall–Kier alpha value is -4.09. The number of ether oxygens (including phenoxy) is 2. The van der Waals surface area contributed by atoms with Gasteiger partial charge in [0.1, 0.15) is 11.6 Å². The van der Waals surface area contributed by atoms with Gasteiger partial charge in [-0.2, -0.15) is 0 Å². The van der Waals surface area contributed by atoms with Crippen LogP contribution in [0.15, 0.2) is 53.3 Å². The number of hydroxylamine groups is 2. The van der Waals surface area contributed by atoms with Crippen LogP contribution in [0.1, 0.15) is 64.6 Å². The first-order valence-electron chi connectivity index (χ1n) is 13.2. The third-order valence-electron chi connectivity index (χ3n) is 8.18. The maximum atomic E-state index is 14.0. The Morgan fingerprint density at radius 1 is 1.10 bits per heavy atom. The van der Waals surface area contributed by atoms with Crippen molar-refractivity contribution in [1.82, 2.24) is 14.6 Å². The Balaban J connectivity index is 1.57. The highest BCUT2D eigenvalue weighted by molar-refractivity contribution is 6.05. The molecule has 0 saturated carbocycles. The van der Waals surface area contributed by atoms with Gasteiger partial charge < -0.3 is 14.7 Å². The molecule has 0 unspecified atom stereocenters. The molecule has 1 N–H and O–H groups in total. The van der Waals surface area contributed by atoms with E-state index >= 15 is 0 Å². The van der Waals surface area contributed by atoms with E-state index in [-0.39, 0.29) is 24.1 Å². The number of amides is 1. The van der Waals surface area contributed by atoms with E-state index in [0.717, 1.165) is 5.06 Å². The number of rotatable bonds is 4. The van der Waals surface area contributed by atoms with Crippen molar-refractivity contribution in [3.8, 4) is 0 Å². The van der Waals surface area contributed by atoms with Crippen LogP contribution in [0.25, 0.3) is 10.9 Å². The molecule has 11 heteroatoms. The number of carbonyl (C=O) groups excluding carboxylic acids is 3. The van der Waals surface area contributed by atoms with Crippen LogP contribution in [-0.2, 0) is 29.5 Å². The second-order valence-corrected chi connectivity index (χ2v) is 11.4. The highest BCUT2D eigenvalue weighted by Crippen LogP contribution is 2.58. The molecule has 1 amide bonds. The SMILES string of the molecule is CC(=O)O[C@H](c1nc2ccccc2c(=O)n1[C@H]1C[C@@]2(OC1=O)c1ccccc1N1C(=O)C(C)(C)N(O)[C@@H]12)C(C)C. The van der Waals surface area contributed by atoms with Gasteiger partial charge in [0, 0.05) is 18.9 Å². The van der Waals surface area contributed by atoms with E-state index in [4.69, 9.17) is 14.5 Å². The lowest BCUT2D eigenvalue weighted by molar-refractivity contribution is -0.209. The molecule has 1 aromatic heterocycles. The molecular weight excluding hydrogens is 516 g/mol. The maximum absolute atomic E-state index is 14.0. The molecule has 1 spiro atoms. The third-order valence-corrected chi connectivity index (χ3v) is 8.18. The standard InChI is InChI=1S/C29H30N4O7/c1-15(2)22(39-16(3)34)23-30-19-12-8-6-10-17(19)24(35)31(23)21-14-29(40-25(21)36)18-11-7-9-13-20(18)32-26(29)33(38)28(4,5)27(32)37/h6-13,15,21-22,26,38H,14H2,1-5H3/t21-,22-,26+,29+/m0/s1. The predicted octanol–water partition coefficient (Wildman–Crippen LogP) is 3.20. The van der Waals surface area contributed by atoms with Crippen LogP contribution in [0.4, 0.5) is 5.69 Å². The van der Waals surface area contributed by atoms with Crippen LogP contribution in [0.2, 0.25) is 0 Å². The summed E-state index contributed by atoms with van der Waals surface area (Å²) in [6.07, 6.45) is -2.03. The number of fused-ring (bicyclic) bond motifs is 6. The van der Waals surface area contributed by atoms with Gasteiger partial charge in [-0.3, -0.25) is 23.9 Å². The molecule has 2 saturated heterocycles. The fourth-order valence-corrected chi connectivity index (χ4v) is 6.26. The van der Waals surface area contributed by atoms with Crippen molar-refractivity contribution in [2.24, 2.45) is 5.92 Å². The summed E-state index contributed by atoms with van der Waals surface area (Å²) in [5.41, 5.74) is -1.74. The Bertz CT molecular complexity index is 1650. The summed E-state index contributed by atoms with van der Waals surface area (Å²) < 4.78 is 13.0. The second kappa shape index (κ2) is 8.70. The molecule has 208 valence electrons. The minimum atomic E-state index is -1.46. The molecule has 0 bridgehead atoms. The van der Waals surface area contributed by atoms with E-state index in [2.05, 4.69) is 0 Å². The number of hydrogen-bond acceptors (Lipinski definition) is 9. The first kappa shape index (κ1) is 26.1. The Kier molecular flexibility index (Phi) is 5.69. The summed E-state index contributed by atoms with van der Waals surface area (Å²) in [5, 5.41) is 12.5. The van der Waals surface area contributed by atoms with Gasteiger partial charge >= 0.3 is 11.9 Å². The molecule has 4 heterocycles. The first-order chi connectivity index (χ1) is 18.9. The van der Waals surface area contributed by atoms with E-state index in [9.17, 15) is 24.4 Å². The van der Waals surface area contributed by atoms with Gasteiger partial charge in [-0.15, -0.1) is 5.06 Å². The molecule has 2 fully saturated rings. The average molecular weight is 547 g/mol. The molecule has 3 aromatic rings. The van der Waals surface area contributed by atoms with Crippen molar-refractivity contribution in [2.75, 3.05) is 4.90 Å². The number of esters is 2. The molecule has 0 aliphatic carbocycles. The molecule has 6 rings (SSSR count). The van der Waals surface area contributed by atoms with Crippen molar-refractivity contribution in [3.05, 3.63) is 70.3 Å². The third kappa shape index (κ3) is 3.40. The minimum Gasteiger partial charge on any atom is -0.454 e. The normalized spacial score (nSPS) is 25.9. The molecule has 4 atom stereocenters. The van der Waals surface area contributed by atoms with Gasteiger partial charge in [-0.05, 0) is 38.0 Å². The summed E-state index contributed by atoms with van der Waals surface area (Å²) in [6, 6.07) is 12.6. The number of aromatic nitrogens is 2. The highest BCUT2D eigenvalue weighted by atomic mass is 16.6. The topological polar surface area (TPSA) is 131 Å². The fraction of sp³-hybridized carbons (Fsp3) is 0.414. The van der Waals surface area contributed by atoms with E-state index in [1.54, 1.807) is 62.4 Å². The molecule has 2 aromatic carbocycles. The Morgan fingerprint density at radius 3 is 2.48 bits per heavy atom. The fourth-order valence-electron chi connectivity index (χ4n) is 6.26. The van der Waals surface area contributed by atoms with E-state index in [0.29, 0.717) is 22.2 Å². The van der Waals surface area contributed by atoms with E-state index in [1.807, 2.05) is 13.8 Å². The number of carbonyl (C=O) groups is 3. The van der Waals surface area contributed by atoms with Crippen LogP contribution in [0.3, 0.4) is 0 Å². The smallest absolute Gasteiger partial charge is 0.330 e. The monoisotopic (exact) mass is 546 g/mol. The van der Waals surface area contributed by atoms with Crippen molar-refractivity contribution in [1.29, 1.82) is 0 Å². The van der Waals surface area contributed by atoms with Crippen LogP contribution >= 0.6 is 0 Å². The van der Waals surface area contributed by atoms with Crippen LogP contribution < -0.4 is 10.5 Å². The van der Waals surface area contributed by atoms with Crippen LogP contribution in [0.5, 0.6) is 0 Å². The molecular formula is C29H30N4O7. The lowest BCUT2D eigenvalue weighted by Gasteiger charge is -2.35. The van der Waals surface area contributed by atoms with Crippen molar-refractivity contribution in [3.63, 3.8) is 0 Å². The zero-order valence-corrected chi connectivity index (χ0v) is 22.8. The van der Waals surface area contributed by atoms with Gasteiger partial charge in [-0.1, -0.05) is 44.2 Å². The van der Waals surface area contributed by atoms with Gasteiger partial charge in [-0.25, -0.2) is 9.78 Å². The number of anilines is 1. The summed E-state index contributed by atoms with van der Waals surface area (Å²) in [6.45, 7) is 8.13. The largest absolute Gasteiger partial charge is 0.454 e. The second-order valence-electron chi connectivity index (χ2n) is 11.4. The summed E-state index contributed by atoms with van der Waals surface area (Å²) in [4.78, 5) is 59.6. The summed E-state index contributed by atoms with van der Waals surface area (Å²) in [5.74, 6) is -1.77. The van der Waals surface area contributed by atoms with Crippen molar-refractivity contribution >= 4 is 34.4 Å². The quantitative estimate of drug-likeness (QED) is 0.490. The first-order valence-corrected chi connectivity index (χ1v) is 13.2. The zero-order chi connectivity index (χ0) is 28.7. The Labute approximate surface area is 229 Å². The zero-order valence-electron chi connectivity index (χ0n) is 22.8. The van der Waals surface area contributed by atoms with Gasteiger partial charge in [0.05, 0.1) is 16.6 Å². The number of benzene rings is 2. The lowest BCUT2D eigenvalue weighted by atomic mass is 9.87. The number of nitrogens with zero attached hydrogens (tertiary/aromatic N) is 4. The van der Waals surface area contributed by atoms with Crippen molar-refractivity contribution in [2.45, 2.75) is 70.5 Å². The molecule has 11 nitrogen and oxygen atoms in total. The van der Waals surface area contributed by atoms with Crippen LogP contribution in [0, 0.1) is 5.92 Å². The lowest BCUT2D eigenvalue weighted by Crippen LogP contribution is -2.52. The highest BCUT2D eigenvalue weighted by Gasteiger charge is 2.70. The predicted molar refractivity (Wildman–Crippen MR) is 142 cm³/mol. The molecule has 3 aliphatic heterocycles. The summed E-state index contributed by atoms with van der Waals surface area (Å²) in [7, 11) is 0. The number of hydrogen-bond donors (Lipinski definition) is 1. The van der Waals surface area contributed by atoms with Gasteiger partial charge in [0.25, 0.3) is 11.5 Å². The minimum absolute atomic E-state index is 0.0672. The van der Waals surface area contributed by atoms with E-state index in [1.165, 1.54) is 16.4 Å². The van der Waals surface area contributed by atoms with Gasteiger partial charge in [0.2, 0.25) is 0 Å².